The Morgan fingerprint density at radius 3 is 2.16 bits per heavy atom. The summed E-state index contributed by atoms with van der Waals surface area (Å²) < 4.78 is 41.1. The molecule has 1 N–H and O–H groups in total. The average Bonchev–Trinajstić information content (AvgIpc) is 2.58. The average molecular weight is 378 g/mol. The van der Waals surface area contributed by atoms with Crippen LogP contribution in [0.1, 0.15) is 40.5 Å². The van der Waals surface area contributed by atoms with Crippen LogP contribution in [0.4, 0.5) is 0 Å². The van der Waals surface area contributed by atoms with Crippen molar-refractivity contribution in [1.29, 1.82) is 0 Å². The summed E-state index contributed by atoms with van der Waals surface area (Å²) in [5.74, 6) is 0.475. The molecule has 3 atom stereocenters. The third kappa shape index (κ3) is 5.87. The van der Waals surface area contributed by atoms with Gasteiger partial charge in [-0.05, 0) is 19.8 Å². The molecule has 0 saturated carbocycles. The van der Waals surface area contributed by atoms with Crippen LogP contribution in [0.5, 0.6) is 0 Å². The lowest BCUT2D eigenvalue weighted by Gasteiger charge is -2.39. The summed E-state index contributed by atoms with van der Waals surface area (Å²) in [5, 5.41) is 0. The van der Waals surface area contributed by atoms with Crippen molar-refractivity contribution < 1.29 is 17.9 Å². The minimum atomic E-state index is -3.49. The van der Waals surface area contributed by atoms with E-state index in [1.54, 1.807) is 0 Å². The first-order chi connectivity index (χ1) is 11.9. The van der Waals surface area contributed by atoms with E-state index in [2.05, 4.69) is 23.5 Å². The van der Waals surface area contributed by atoms with Crippen LogP contribution in [-0.4, -0.2) is 81.8 Å². The van der Waals surface area contributed by atoms with Gasteiger partial charge in [0.1, 0.15) is 0 Å². The Labute approximate surface area is 153 Å². The first-order valence-electron chi connectivity index (χ1n) is 9.59. The fraction of sp³-hybridized carbons (Fsp3) is 1.00. The minimum Gasteiger partial charge on any atom is -0.379 e. The fourth-order valence-electron chi connectivity index (χ4n) is 3.94. The van der Waals surface area contributed by atoms with E-state index in [-0.39, 0.29) is 18.2 Å². The van der Waals surface area contributed by atoms with Gasteiger partial charge in [-0.15, -0.1) is 0 Å². The molecule has 2 rings (SSSR count). The molecule has 2 fully saturated rings. The highest BCUT2D eigenvalue weighted by atomic mass is 32.2. The number of nitrogens with one attached hydrogen (secondary N) is 1. The third-order valence-corrected chi connectivity index (χ3v) is 6.82. The first kappa shape index (κ1) is 21.1. The molecule has 0 aliphatic carbocycles. The van der Waals surface area contributed by atoms with Crippen molar-refractivity contribution in [2.45, 2.75) is 58.8 Å². The van der Waals surface area contributed by atoms with Gasteiger partial charge >= 0.3 is 0 Å². The summed E-state index contributed by atoms with van der Waals surface area (Å²) >= 11 is 0. The van der Waals surface area contributed by atoms with Crippen molar-refractivity contribution in [2.75, 3.05) is 45.9 Å². The van der Waals surface area contributed by atoms with Crippen molar-refractivity contribution in [3.8, 4) is 0 Å². The van der Waals surface area contributed by atoms with Crippen molar-refractivity contribution in [1.82, 2.24) is 13.9 Å². The van der Waals surface area contributed by atoms with Crippen LogP contribution in [0, 0.1) is 5.92 Å². The standard InChI is InChI=1S/C17H35N3O4S/c1-5-16(6-2)17(19-7-9-23-10-8-19)11-18-25(21,22)20-12-14(3)24-15(4)13-20/h14-18H,5-13H2,1-4H3/t14-,15+,17-/m0/s1. The van der Waals surface area contributed by atoms with E-state index < -0.39 is 10.2 Å². The van der Waals surface area contributed by atoms with Crippen molar-refractivity contribution >= 4 is 10.2 Å². The summed E-state index contributed by atoms with van der Waals surface area (Å²) in [5.41, 5.74) is 0. The Hall–Kier alpha value is -0.250. The molecule has 2 aliphatic rings. The first-order valence-corrected chi connectivity index (χ1v) is 11.0. The maximum absolute atomic E-state index is 12.8. The second-order valence-electron chi connectivity index (χ2n) is 7.22. The molecular formula is C17H35N3O4S. The van der Waals surface area contributed by atoms with Crippen LogP contribution < -0.4 is 4.72 Å². The van der Waals surface area contributed by atoms with Crippen molar-refractivity contribution in [2.24, 2.45) is 5.92 Å². The van der Waals surface area contributed by atoms with Crippen molar-refractivity contribution in [3.63, 3.8) is 0 Å². The van der Waals surface area contributed by atoms with Gasteiger partial charge in [0.05, 0.1) is 25.4 Å². The summed E-state index contributed by atoms with van der Waals surface area (Å²) in [7, 11) is -3.49. The maximum Gasteiger partial charge on any atom is 0.279 e. The van der Waals surface area contributed by atoms with E-state index >= 15 is 0 Å². The van der Waals surface area contributed by atoms with Gasteiger partial charge in [-0.3, -0.25) is 4.90 Å². The second-order valence-corrected chi connectivity index (χ2v) is 8.98. The largest absolute Gasteiger partial charge is 0.379 e. The Kier molecular flexibility index (Phi) is 8.10. The van der Waals surface area contributed by atoms with Crippen LogP contribution >= 0.6 is 0 Å². The molecule has 0 spiro atoms. The van der Waals surface area contributed by atoms with E-state index in [0.717, 1.165) is 39.1 Å². The van der Waals surface area contributed by atoms with Crippen LogP contribution in [0.3, 0.4) is 0 Å². The van der Waals surface area contributed by atoms with E-state index in [1.807, 2.05) is 13.8 Å². The highest BCUT2D eigenvalue weighted by molar-refractivity contribution is 7.87. The Morgan fingerprint density at radius 2 is 1.64 bits per heavy atom. The quantitative estimate of drug-likeness (QED) is 0.685. The van der Waals surface area contributed by atoms with Crippen LogP contribution in [0.25, 0.3) is 0 Å². The Balaban J connectivity index is 2.02. The predicted molar refractivity (Wildman–Crippen MR) is 98.8 cm³/mol. The molecule has 0 amide bonds. The number of nitrogens with zero attached hydrogens (tertiary/aromatic N) is 2. The molecule has 0 unspecified atom stereocenters. The summed E-state index contributed by atoms with van der Waals surface area (Å²) in [4.78, 5) is 2.38. The molecule has 2 heterocycles. The number of ether oxygens (including phenoxy) is 2. The molecule has 0 aromatic heterocycles. The number of hydrogen-bond donors (Lipinski definition) is 1. The summed E-state index contributed by atoms with van der Waals surface area (Å²) in [6.07, 6.45) is 1.95. The van der Waals surface area contributed by atoms with Crippen LogP contribution in [-0.2, 0) is 19.7 Å². The van der Waals surface area contributed by atoms with Gasteiger partial charge in [0, 0.05) is 38.8 Å². The zero-order valence-corrected chi connectivity index (χ0v) is 16.9. The van der Waals surface area contributed by atoms with Gasteiger partial charge < -0.3 is 9.47 Å². The molecule has 0 aromatic carbocycles. The topological polar surface area (TPSA) is 71.1 Å². The molecule has 0 bridgehead atoms. The highest BCUT2D eigenvalue weighted by Gasteiger charge is 2.33. The van der Waals surface area contributed by atoms with E-state index in [1.165, 1.54) is 4.31 Å². The Bertz CT molecular complexity index is 482. The van der Waals surface area contributed by atoms with E-state index in [4.69, 9.17) is 9.47 Å². The monoisotopic (exact) mass is 377 g/mol. The molecule has 25 heavy (non-hydrogen) atoms. The lowest BCUT2D eigenvalue weighted by atomic mass is 9.92. The highest BCUT2D eigenvalue weighted by Crippen LogP contribution is 2.20. The lowest BCUT2D eigenvalue weighted by Crippen LogP contribution is -2.56. The predicted octanol–water partition coefficient (Wildman–Crippen LogP) is 1.07. The lowest BCUT2D eigenvalue weighted by molar-refractivity contribution is -0.0445. The van der Waals surface area contributed by atoms with Gasteiger partial charge in [-0.1, -0.05) is 26.7 Å². The molecule has 2 aliphatic heterocycles. The summed E-state index contributed by atoms with van der Waals surface area (Å²) in [6, 6.07) is 0.213. The normalized spacial score (nSPS) is 28.4. The minimum absolute atomic E-state index is 0.0746. The third-order valence-electron chi connectivity index (χ3n) is 5.31. The van der Waals surface area contributed by atoms with Crippen LogP contribution in [0.2, 0.25) is 0 Å². The zero-order chi connectivity index (χ0) is 18.4. The molecular weight excluding hydrogens is 342 g/mol. The van der Waals surface area contributed by atoms with E-state index in [0.29, 0.717) is 25.6 Å². The molecule has 7 nitrogen and oxygen atoms in total. The van der Waals surface area contributed by atoms with Gasteiger partial charge in [-0.25, -0.2) is 4.72 Å². The SMILES string of the molecule is CCC(CC)[C@H](CNS(=O)(=O)N1C[C@@H](C)O[C@@H](C)C1)N1CCOCC1. The number of morpholine rings is 2. The zero-order valence-electron chi connectivity index (χ0n) is 16.1. The molecule has 0 radical (unpaired) electrons. The van der Waals surface area contributed by atoms with Crippen LogP contribution in [0.15, 0.2) is 0 Å². The molecule has 148 valence electrons. The number of rotatable bonds is 8. The molecule has 2 saturated heterocycles. The maximum atomic E-state index is 12.8. The smallest absolute Gasteiger partial charge is 0.279 e. The second kappa shape index (κ2) is 9.62. The van der Waals surface area contributed by atoms with Gasteiger partial charge in [-0.2, -0.15) is 12.7 Å². The van der Waals surface area contributed by atoms with Gasteiger partial charge in [0.2, 0.25) is 0 Å². The van der Waals surface area contributed by atoms with E-state index in [9.17, 15) is 8.42 Å². The van der Waals surface area contributed by atoms with Crippen molar-refractivity contribution in [3.05, 3.63) is 0 Å². The summed E-state index contributed by atoms with van der Waals surface area (Å²) in [6.45, 7) is 12.7. The van der Waals surface area contributed by atoms with Gasteiger partial charge in [0.15, 0.2) is 0 Å². The Morgan fingerprint density at radius 1 is 1.08 bits per heavy atom. The van der Waals surface area contributed by atoms with Gasteiger partial charge in [0.25, 0.3) is 10.2 Å². The molecule has 0 aromatic rings. The number of hydrogen-bond acceptors (Lipinski definition) is 5. The fourth-order valence-corrected chi connectivity index (χ4v) is 5.32. The molecule has 8 heteroatoms.